The number of rotatable bonds is 6. The van der Waals surface area contributed by atoms with E-state index in [4.69, 9.17) is 4.99 Å². The maximum Gasteiger partial charge on any atom is 0.193 e. The minimum Gasteiger partial charge on any atom is -0.508 e. The van der Waals surface area contributed by atoms with Crippen molar-refractivity contribution in [2.75, 3.05) is 45.8 Å². The van der Waals surface area contributed by atoms with Crippen LogP contribution < -0.4 is 5.32 Å². The maximum atomic E-state index is 9.58. The Morgan fingerprint density at radius 3 is 2.85 bits per heavy atom. The van der Waals surface area contributed by atoms with E-state index < -0.39 is 0 Å². The minimum absolute atomic E-state index is 0.332. The van der Waals surface area contributed by atoms with Crippen LogP contribution in [-0.4, -0.2) is 66.7 Å². The molecule has 2 saturated heterocycles. The summed E-state index contributed by atoms with van der Waals surface area (Å²) in [5, 5.41) is 13.0. The number of hydrogen-bond acceptors (Lipinski definition) is 3. The molecule has 1 aromatic carbocycles. The predicted molar refractivity (Wildman–Crippen MR) is 108 cm³/mol. The number of guanidine groups is 1. The van der Waals surface area contributed by atoms with Crippen molar-refractivity contribution < 1.29 is 5.11 Å². The minimum atomic E-state index is 0.332. The first kappa shape index (κ1) is 19.0. The Kier molecular flexibility index (Phi) is 7.18. The zero-order valence-electron chi connectivity index (χ0n) is 16.2. The Morgan fingerprint density at radius 1 is 1.23 bits per heavy atom. The summed E-state index contributed by atoms with van der Waals surface area (Å²) >= 11 is 0. The number of aromatic hydroxyl groups is 1. The van der Waals surface area contributed by atoms with Crippen molar-refractivity contribution in [3.8, 4) is 5.75 Å². The third kappa shape index (κ3) is 5.63. The maximum absolute atomic E-state index is 9.58. The van der Waals surface area contributed by atoms with Gasteiger partial charge < -0.3 is 20.2 Å². The van der Waals surface area contributed by atoms with Gasteiger partial charge in [0.05, 0.1) is 0 Å². The molecule has 0 spiro atoms. The fourth-order valence-electron chi connectivity index (χ4n) is 4.11. The summed E-state index contributed by atoms with van der Waals surface area (Å²) in [5.74, 6) is 2.15. The molecule has 0 bridgehead atoms. The smallest absolute Gasteiger partial charge is 0.193 e. The van der Waals surface area contributed by atoms with Crippen LogP contribution in [0.3, 0.4) is 0 Å². The number of aliphatic imine (C=N–C) groups is 1. The average molecular weight is 359 g/mol. The molecule has 0 aliphatic carbocycles. The summed E-state index contributed by atoms with van der Waals surface area (Å²) in [6.45, 7) is 9.83. The van der Waals surface area contributed by atoms with Crippen LogP contribution in [0.4, 0.5) is 0 Å². The molecule has 0 radical (unpaired) electrons. The van der Waals surface area contributed by atoms with Gasteiger partial charge in [-0.05, 0) is 69.3 Å². The third-order valence-corrected chi connectivity index (χ3v) is 5.46. The first-order valence-corrected chi connectivity index (χ1v) is 10.3. The Balaban J connectivity index is 1.50. The number of likely N-dealkylation sites (tertiary alicyclic amines) is 2. The monoisotopic (exact) mass is 358 g/mol. The van der Waals surface area contributed by atoms with E-state index in [0.717, 1.165) is 50.0 Å². The van der Waals surface area contributed by atoms with Crippen LogP contribution in [0.25, 0.3) is 0 Å². The molecular formula is C21H34N4O. The molecule has 144 valence electrons. The Bertz CT molecular complexity index is 583. The SMILES string of the molecule is CCNC(=NCCc1cccc(O)c1)N1CCC(CN2CCCCC2)C1. The molecule has 2 heterocycles. The topological polar surface area (TPSA) is 51.1 Å². The van der Waals surface area contributed by atoms with Gasteiger partial charge in [-0.3, -0.25) is 4.99 Å². The molecule has 3 rings (SSSR count). The lowest BCUT2D eigenvalue weighted by atomic mass is 10.1. The van der Waals surface area contributed by atoms with Gasteiger partial charge in [-0.15, -0.1) is 0 Å². The Morgan fingerprint density at radius 2 is 2.08 bits per heavy atom. The predicted octanol–water partition coefficient (Wildman–Crippen LogP) is 2.71. The van der Waals surface area contributed by atoms with Crippen molar-refractivity contribution in [2.45, 2.75) is 39.0 Å². The quantitative estimate of drug-likeness (QED) is 0.606. The van der Waals surface area contributed by atoms with E-state index >= 15 is 0 Å². The normalized spacial score (nSPS) is 22.0. The molecular weight excluding hydrogens is 324 g/mol. The van der Waals surface area contributed by atoms with Gasteiger partial charge in [-0.1, -0.05) is 18.6 Å². The van der Waals surface area contributed by atoms with Crippen molar-refractivity contribution in [2.24, 2.45) is 10.9 Å². The van der Waals surface area contributed by atoms with Gasteiger partial charge in [-0.2, -0.15) is 0 Å². The molecule has 26 heavy (non-hydrogen) atoms. The van der Waals surface area contributed by atoms with Crippen LogP contribution in [0.15, 0.2) is 29.3 Å². The highest BCUT2D eigenvalue weighted by Crippen LogP contribution is 2.20. The van der Waals surface area contributed by atoms with Crippen molar-refractivity contribution in [1.82, 2.24) is 15.1 Å². The van der Waals surface area contributed by atoms with E-state index in [1.165, 1.54) is 45.3 Å². The van der Waals surface area contributed by atoms with E-state index in [1.54, 1.807) is 6.07 Å². The zero-order chi connectivity index (χ0) is 18.2. The average Bonchev–Trinajstić information content (AvgIpc) is 3.10. The molecule has 1 unspecified atom stereocenters. The van der Waals surface area contributed by atoms with E-state index in [2.05, 4.69) is 22.0 Å². The van der Waals surface area contributed by atoms with Gasteiger partial charge in [0.15, 0.2) is 5.96 Å². The lowest BCUT2D eigenvalue weighted by Gasteiger charge is -2.29. The van der Waals surface area contributed by atoms with Crippen LogP contribution in [0.5, 0.6) is 5.75 Å². The zero-order valence-corrected chi connectivity index (χ0v) is 16.2. The lowest BCUT2D eigenvalue weighted by molar-refractivity contribution is 0.198. The molecule has 5 nitrogen and oxygen atoms in total. The number of benzene rings is 1. The highest BCUT2D eigenvalue weighted by Gasteiger charge is 2.26. The standard InChI is InChI=1S/C21H34N4O/c1-2-22-21(23-11-9-18-7-6-8-20(26)15-18)25-14-10-19(17-25)16-24-12-4-3-5-13-24/h6-8,15,19,26H,2-5,9-14,16-17H2,1H3,(H,22,23). The summed E-state index contributed by atoms with van der Waals surface area (Å²) in [4.78, 5) is 9.93. The molecule has 0 amide bonds. The first-order valence-electron chi connectivity index (χ1n) is 10.3. The first-order chi connectivity index (χ1) is 12.7. The fourth-order valence-corrected chi connectivity index (χ4v) is 4.11. The molecule has 1 aromatic rings. The lowest BCUT2D eigenvalue weighted by Crippen LogP contribution is -2.41. The Labute approximate surface area is 158 Å². The summed E-state index contributed by atoms with van der Waals surface area (Å²) < 4.78 is 0. The molecule has 2 aliphatic heterocycles. The van der Waals surface area contributed by atoms with Gasteiger partial charge in [0, 0.05) is 32.7 Å². The Hall–Kier alpha value is -1.75. The van der Waals surface area contributed by atoms with Gasteiger partial charge in [-0.25, -0.2) is 0 Å². The summed E-state index contributed by atoms with van der Waals surface area (Å²) in [7, 11) is 0. The molecule has 0 aromatic heterocycles. The summed E-state index contributed by atoms with van der Waals surface area (Å²) in [6, 6.07) is 7.48. The second-order valence-corrected chi connectivity index (χ2v) is 7.62. The van der Waals surface area contributed by atoms with E-state index in [0.29, 0.717) is 5.75 Å². The largest absolute Gasteiger partial charge is 0.508 e. The number of phenolic OH excluding ortho intramolecular Hbond substituents is 1. The number of nitrogens with zero attached hydrogens (tertiary/aromatic N) is 3. The highest BCUT2D eigenvalue weighted by atomic mass is 16.3. The number of nitrogens with one attached hydrogen (secondary N) is 1. The van der Waals surface area contributed by atoms with Crippen LogP contribution in [0.2, 0.25) is 0 Å². The second kappa shape index (κ2) is 9.81. The molecule has 2 N–H and O–H groups in total. The van der Waals surface area contributed by atoms with E-state index in [-0.39, 0.29) is 0 Å². The molecule has 2 aliphatic rings. The van der Waals surface area contributed by atoms with Crippen LogP contribution in [0.1, 0.15) is 38.2 Å². The van der Waals surface area contributed by atoms with Crippen molar-refractivity contribution in [1.29, 1.82) is 0 Å². The van der Waals surface area contributed by atoms with Crippen LogP contribution in [-0.2, 0) is 6.42 Å². The molecule has 0 saturated carbocycles. The van der Waals surface area contributed by atoms with E-state index in [9.17, 15) is 5.11 Å². The molecule has 5 heteroatoms. The van der Waals surface area contributed by atoms with Gasteiger partial charge in [0.25, 0.3) is 0 Å². The van der Waals surface area contributed by atoms with Gasteiger partial charge in [0.1, 0.15) is 5.75 Å². The van der Waals surface area contributed by atoms with Gasteiger partial charge in [0.2, 0.25) is 0 Å². The van der Waals surface area contributed by atoms with Crippen molar-refractivity contribution in [3.63, 3.8) is 0 Å². The van der Waals surface area contributed by atoms with Gasteiger partial charge >= 0.3 is 0 Å². The fraction of sp³-hybridized carbons (Fsp3) is 0.667. The molecule has 2 fully saturated rings. The van der Waals surface area contributed by atoms with Crippen LogP contribution >= 0.6 is 0 Å². The van der Waals surface area contributed by atoms with Crippen LogP contribution in [0, 0.1) is 5.92 Å². The second-order valence-electron chi connectivity index (χ2n) is 7.62. The van der Waals surface area contributed by atoms with Crippen molar-refractivity contribution >= 4 is 5.96 Å². The number of piperidine rings is 1. The summed E-state index contributed by atoms with van der Waals surface area (Å²) in [6.07, 6.45) is 6.27. The summed E-state index contributed by atoms with van der Waals surface area (Å²) in [5.41, 5.74) is 1.13. The van der Waals surface area contributed by atoms with Crippen molar-refractivity contribution in [3.05, 3.63) is 29.8 Å². The number of hydrogen-bond donors (Lipinski definition) is 2. The van der Waals surface area contributed by atoms with E-state index in [1.807, 2.05) is 18.2 Å². The molecule has 1 atom stereocenters. The highest BCUT2D eigenvalue weighted by molar-refractivity contribution is 5.80. The number of phenols is 1. The third-order valence-electron chi connectivity index (χ3n) is 5.46.